The van der Waals surface area contributed by atoms with Gasteiger partial charge in [-0.3, -0.25) is 0 Å². The largest absolute Gasteiger partial charge is 0.393 e. The Bertz CT molecular complexity index is 372. The first-order chi connectivity index (χ1) is 8.15. The van der Waals surface area contributed by atoms with E-state index in [1.165, 1.54) is 12.1 Å². The van der Waals surface area contributed by atoms with Crippen LogP contribution in [0.2, 0.25) is 0 Å². The lowest BCUT2D eigenvalue weighted by Gasteiger charge is -2.16. The number of rotatable bonds is 4. The topological polar surface area (TPSA) is 29.5 Å². The average Bonchev–Trinajstić information content (AvgIpc) is 2.76. The van der Waals surface area contributed by atoms with Crippen molar-refractivity contribution < 1.29 is 14.2 Å². The highest BCUT2D eigenvalue weighted by Gasteiger charge is 2.20. The fourth-order valence-corrected chi connectivity index (χ4v) is 2.33. The highest BCUT2D eigenvalue weighted by Crippen LogP contribution is 2.20. The van der Waals surface area contributed by atoms with Gasteiger partial charge in [0, 0.05) is 6.61 Å². The molecular formula is C14H19FO2. The van der Waals surface area contributed by atoms with Crippen LogP contribution in [0.5, 0.6) is 0 Å². The molecule has 2 unspecified atom stereocenters. The van der Waals surface area contributed by atoms with Gasteiger partial charge in [0.25, 0.3) is 0 Å². The Labute approximate surface area is 101 Å². The van der Waals surface area contributed by atoms with E-state index >= 15 is 0 Å². The molecule has 3 heteroatoms. The van der Waals surface area contributed by atoms with Gasteiger partial charge in [-0.25, -0.2) is 4.39 Å². The maximum absolute atomic E-state index is 13.1. The number of hydrogen-bond acceptors (Lipinski definition) is 2. The van der Waals surface area contributed by atoms with Crippen LogP contribution < -0.4 is 0 Å². The Morgan fingerprint density at radius 1 is 1.53 bits per heavy atom. The van der Waals surface area contributed by atoms with Crippen molar-refractivity contribution in [3.8, 4) is 0 Å². The molecule has 1 aromatic rings. The first-order valence-electron chi connectivity index (χ1n) is 6.20. The van der Waals surface area contributed by atoms with Gasteiger partial charge in [0.15, 0.2) is 0 Å². The molecule has 17 heavy (non-hydrogen) atoms. The fraction of sp³-hybridized carbons (Fsp3) is 0.571. The van der Waals surface area contributed by atoms with E-state index in [0.717, 1.165) is 30.6 Å². The van der Waals surface area contributed by atoms with E-state index in [1.54, 1.807) is 6.07 Å². The summed E-state index contributed by atoms with van der Waals surface area (Å²) in [5.74, 6) is -0.241. The number of aliphatic hydroxyl groups excluding tert-OH is 1. The van der Waals surface area contributed by atoms with Crippen LogP contribution in [0, 0.1) is 12.7 Å². The zero-order chi connectivity index (χ0) is 12.3. The summed E-state index contributed by atoms with van der Waals surface area (Å²) in [6, 6.07) is 4.71. The number of aliphatic hydroxyl groups is 1. The second kappa shape index (κ2) is 5.61. The van der Waals surface area contributed by atoms with E-state index in [-0.39, 0.29) is 11.9 Å². The number of halogens is 1. The molecule has 1 heterocycles. The van der Waals surface area contributed by atoms with Crippen LogP contribution in [0.15, 0.2) is 18.2 Å². The summed E-state index contributed by atoms with van der Waals surface area (Å²) in [5, 5.41) is 9.98. The minimum Gasteiger partial charge on any atom is -0.393 e. The summed E-state index contributed by atoms with van der Waals surface area (Å²) in [5.41, 5.74) is 1.91. The zero-order valence-corrected chi connectivity index (χ0v) is 10.2. The van der Waals surface area contributed by atoms with E-state index in [0.29, 0.717) is 12.8 Å². The summed E-state index contributed by atoms with van der Waals surface area (Å²) in [7, 11) is 0. The van der Waals surface area contributed by atoms with Crippen molar-refractivity contribution in [2.75, 3.05) is 6.61 Å². The van der Waals surface area contributed by atoms with E-state index in [1.807, 2.05) is 6.92 Å². The molecule has 0 aromatic heterocycles. The predicted octanol–water partition coefficient (Wildman–Crippen LogP) is 2.61. The third kappa shape index (κ3) is 3.51. The van der Waals surface area contributed by atoms with E-state index in [9.17, 15) is 9.50 Å². The molecule has 0 radical (unpaired) electrons. The first kappa shape index (κ1) is 12.5. The standard InChI is InChI=1S/C14H19FO2/c1-10-4-5-12(15)7-11(10)8-13(16)9-14-3-2-6-17-14/h4-5,7,13-14,16H,2-3,6,8-9H2,1H3. The number of hydrogen-bond donors (Lipinski definition) is 1. The quantitative estimate of drug-likeness (QED) is 0.873. The molecule has 1 fully saturated rings. The van der Waals surface area contributed by atoms with Gasteiger partial charge >= 0.3 is 0 Å². The predicted molar refractivity (Wildman–Crippen MR) is 64.4 cm³/mol. The SMILES string of the molecule is Cc1ccc(F)cc1CC(O)CC1CCCO1. The Hall–Kier alpha value is -0.930. The summed E-state index contributed by atoms with van der Waals surface area (Å²) < 4.78 is 18.6. The molecule has 1 N–H and O–H groups in total. The Morgan fingerprint density at radius 3 is 3.06 bits per heavy atom. The highest BCUT2D eigenvalue weighted by atomic mass is 19.1. The molecule has 0 amide bonds. The van der Waals surface area contributed by atoms with Gasteiger partial charge in [-0.05, 0) is 55.9 Å². The second-order valence-electron chi connectivity index (χ2n) is 4.80. The lowest BCUT2D eigenvalue weighted by atomic mass is 9.98. The van der Waals surface area contributed by atoms with E-state index < -0.39 is 6.10 Å². The molecule has 1 aliphatic rings. The number of benzene rings is 1. The third-order valence-electron chi connectivity index (χ3n) is 3.33. The molecule has 0 saturated carbocycles. The van der Waals surface area contributed by atoms with Crippen molar-refractivity contribution in [2.45, 2.75) is 44.8 Å². The average molecular weight is 238 g/mol. The van der Waals surface area contributed by atoms with Crippen LogP contribution in [-0.2, 0) is 11.2 Å². The summed E-state index contributed by atoms with van der Waals surface area (Å²) in [6.45, 7) is 2.74. The maximum Gasteiger partial charge on any atom is 0.123 e. The van der Waals surface area contributed by atoms with Gasteiger partial charge in [-0.15, -0.1) is 0 Å². The van der Waals surface area contributed by atoms with Gasteiger partial charge in [0.1, 0.15) is 5.82 Å². The summed E-state index contributed by atoms with van der Waals surface area (Å²) >= 11 is 0. The lowest BCUT2D eigenvalue weighted by molar-refractivity contribution is 0.0540. The Kier molecular flexibility index (Phi) is 4.13. The molecule has 0 spiro atoms. The normalized spacial score (nSPS) is 21.7. The number of aryl methyl sites for hydroxylation is 1. The van der Waals surface area contributed by atoms with Crippen LogP contribution >= 0.6 is 0 Å². The summed E-state index contributed by atoms with van der Waals surface area (Å²) in [6.07, 6.45) is 2.99. The van der Waals surface area contributed by atoms with Crippen LogP contribution in [0.25, 0.3) is 0 Å². The molecule has 1 aliphatic heterocycles. The van der Waals surface area contributed by atoms with Crippen LogP contribution in [0.4, 0.5) is 4.39 Å². The van der Waals surface area contributed by atoms with Gasteiger partial charge in [-0.2, -0.15) is 0 Å². The van der Waals surface area contributed by atoms with Gasteiger partial charge in [-0.1, -0.05) is 6.07 Å². The first-order valence-corrected chi connectivity index (χ1v) is 6.20. The molecule has 2 rings (SSSR count). The molecule has 94 valence electrons. The molecule has 0 bridgehead atoms. The third-order valence-corrected chi connectivity index (χ3v) is 3.33. The molecule has 0 aliphatic carbocycles. The monoisotopic (exact) mass is 238 g/mol. The van der Waals surface area contributed by atoms with Crippen molar-refractivity contribution in [3.05, 3.63) is 35.1 Å². The van der Waals surface area contributed by atoms with Crippen molar-refractivity contribution in [3.63, 3.8) is 0 Å². The minimum absolute atomic E-state index is 0.180. The van der Waals surface area contributed by atoms with Gasteiger partial charge in [0.05, 0.1) is 12.2 Å². The number of ether oxygens (including phenoxy) is 1. The van der Waals surface area contributed by atoms with Crippen molar-refractivity contribution in [1.29, 1.82) is 0 Å². The Balaban J connectivity index is 1.92. The smallest absolute Gasteiger partial charge is 0.123 e. The second-order valence-corrected chi connectivity index (χ2v) is 4.80. The maximum atomic E-state index is 13.1. The van der Waals surface area contributed by atoms with E-state index in [2.05, 4.69) is 0 Å². The van der Waals surface area contributed by atoms with Gasteiger partial charge < -0.3 is 9.84 Å². The Morgan fingerprint density at radius 2 is 2.35 bits per heavy atom. The van der Waals surface area contributed by atoms with Crippen molar-refractivity contribution >= 4 is 0 Å². The van der Waals surface area contributed by atoms with Crippen LogP contribution in [-0.4, -0.2) is 23.9 Å². The minimum atomic E-state index is -0.446. The fourth-order valence-electron chi connectivity index (χ4n) is 2.33. The molecule has 1 saturated heterocycles. The van der Waals surface area contributed by atoms with Gasteiger partial charge in [0.2, 0.25) is 0 Å². The molecule has 2 nitrogen and oxygen atoms in total. The van der Waals surface area contributed by atoms with Crippen molar-refractivity contribution in [2.24, 2.45) is 0 Å². The molecule has 2 atom stereocenters. The molecular weight excluding hydrogens is 219 g/mol. The zero-order valence-electron chi connectivity index (χ0n) is 10.2. The van der Waals surface area contributed by atoms with Crippen molar-refractivity contribution in [1.82, 2.24) is 0 Å². The lowest BCUT2D eigenvalue weighted by Crippen LogP contribution is -2.19. The summed E-state index contributed by atoms with van der Waals surface area (Å²) in [4.78, 5) is 0. The van der Waals surface area contributed by atoms with Crippen LogP contribution in [0.1, 0.15) is 30.4 Å². The van der Waals surface area contributed by atoms with Crippen LogP contribution in [0.3, 0.4) is 0 Å². The molecule has 1 aromatic carbocycles. The highest BCUT2D eigenvalue weighted by molar-refractivity contribution is 5.27. The van der Waals surface area contributed by atoms with E-state index in [4.69, 9.17) is 4.74 Å².